The lowest BCUT2D eigenvalue weighted by molar-refractivity contribution is -0.159. The first-order valence-corrected chi connectivity index (χ1v) is 2.70. The fraction of sp³-hybridized carbons (Fsp3) is 1.00. The first-order valence-electron chi connectivity index (χ1n) is 2.70. The molecule has 0 bridgehead atoms. The van der Waals surface area contributed by atoms with Gasteiger partial charge in [0.1, 0.15) is 0 Å². The Labute approximate surface area is 49.9 Å². The summed E-state index contributed by atoms with van der Waals surface area (Å²) in [5.74, 6) is 0. The third-order valence-corrected chi connectivity index (χ3v) is 0.846. The molecule has 3 nitrogen and oxygen atoms in total. The molecule has 1 N–H and O–H groups in total. The standard InChI is InChI=1S/C5H13NO2/c1-4-5(7-3)8-6-2/h5-6H,4H2,1-3H3. The highest BCUT2D eigenvalue weighted by atomic mass is 16.8. The van der Waals surface area contributed by atoms with Crippen molar-refractivity contribution < 1.29 is 9.57 Å². The average Bonchev–Trinajstić information content (AvgIpc) is 1.83. The van der Waals surface area contributed by atoms with Gasteiger partial charge < -0.3 is 4.74 Å². The maximum absolute atomic E-state index is 4.87. The largest absolute Gasteiger partial charge is 0.354 e. The van der Waals surface area contributed by atoms with E-state index >= 15 is 0 Å². The summed E-state index contributed by atoms with van der Waals surface area (Å²) >= 11 is 0. The molecule has 3 heteroatoms. The first kappa shape index (κ1) is 7.88. The average molecular weight is 119 g/mol. The zero-order valence-electron chi connectivity index (χ0n) is 5.60. The van der Waals surface area contributed by atoms with Crippen molar-refractivity contribution in [2.45, 2.75) is 19.6 Å². The second-order valence-corrected chi connectivity index (χ2v) is 1.40. The molecule has 0 aromatic heterocycles. The molecule has 50 valence electrons. The molecule has 1 unspecified atom stereocenters. The van der Waals surface area contributed by atoms with Gasteiger partial charge in [0.25, 0.3) is 0 Å². The van der Waals surface area contributed by atoms with E-state index < -0.39 is 0 Å². The minimum absolute atomic E-state index is 0.111. The summed E-state index contributed by atoms with van der Waals surface area (Å²) in [5, 5.41) is 0. The van der Waals surface area contributed by atoms with Crippen LogP contribution in [0.4, 0.5) is 0 Å². The normalized spacial score (nSPS) is 13.9. The SMILES string of the molecule is CCC(OC)ONC. The van der Waals surface area contributed by atoms with Crippen LogP contribution in [0, 0.1) is 0 Å². The second-order valence-electron chi connectivity index (χ2n) is 1.40. The van der Waals surface area contributed by atoms with E-state index in [4.69, 9.17) is 9.57 Å². The van der Waals surface area contributed by atoms with Crippen LogP contribution < -0.4 is 5.48 Å². The summed E-state index contributed by atoms with van der Waals surface area (Å²) in [7, 11) is 3.33. The first-order chi connectivity index (χ1) is 3.85. The van der Waals surface area contributed by atoms with Crippen LogP contribution in [0.3, 0.4) is 0 Å². The summed E-state index contributed by atoms with van der Waals surface area (Å²) in [6.45, 7) is 1.99. The van der Waals surface area contributed by atoms with Gasteiger partial charge in [0.05, 0.1) is 0 Å². The molecule has 8 heavy (non-hydrogen) atoms. The minimum atomic E-state index is -0.111. The van der Waals surface area contributed by atoms with Crippen molar-refractivity contribution >= 4 is 0 Å². The molecule has 0 amide bonds. The van der Waals surface area contributed by atoms with E-state index in [1.165, 1.54) is 0 Å². The van der Waals surface area contributed by atoms with Gasteiger partial charge in [-0.2, -0.15) is 0 Å². The molecule has 0 saturated heterocycles. The summed E-state index contributed by atoms with van der Waals surface area (Å²) in [5.41, 5.74) is 2.54. The second kappa shape index (κ2) is 5.03. The molecule has 0 radical (unpaired) electrons. The Morgan fingerprint density at radius 1 is 1.62 bits per heavy atom. The van der Waals surface area contributed by atoms with Crippen LogP contribution in [0.5, 0.6) is 0 Å². The number of hydroxylamine groups is 1. The number of hydrogen-bond donors (Lipinski definition) is 1. The third kappa shape index (κ3) is 2.96. The van der Waals surface area contributed by atoms with Crippen molar-refractivity contribution in [2.75, 3.05) is 14.2 Å². The molecule has 0 aliphatic rings. The molecule has 0 spiro atoms. The monoisotopic (exact) mass is 119 g/mol. The van der Waals surface area contributed by atoms with Crippen LogP contribution in [-0.4, -0.2) is 20.4 Å². The Morgan fingerprint density at radius 3 is 2.38 bits per heavy atom. The lowest BCUT2D eigenvalue weighted by Gasteiger charge is -2.10. The molecule has 1 atom stereocenters. The van der Waals surface area contributed by atoms with Crippen LogP contribution in [0.25, 0.3) is 0 Å². The highest BCUT2D eigenvalue weighted by Gasteiger charge is 1.99. The summed E-state index contributed by atoms with van der Waals surface area (Å²) in [6.07, 6.45) is 0.747. The van der Waals surface area contributed by atoms with E-state index in [9.17, 15) is 0 Å². The molecule has 0 aliphatic heterocycles. The van der Waals surface area contributed by atoms with Gasteiger partial charge in [-0.1, -0.05) is 6.92 Å². The van der Waals surface area contributed by atoms with Gasteiger partial charge in [-0.25, -0.2) is 5.48 Å². The van der Waals surface area contributed by atoms with Crippen LogP contribution in [-0.2, 0) is 9.57 Å². The van der Waals surface area contributed by atoms with E-state index in [0.29, 0.717) is 0 Å². The fourth-order valence-electron chi connectivity index (χ4n) is 0.430. The lowest BCUT2D eigenvalue weighted by atomic mass is 10.5. The Morgan fingerprint density at radius 2 is 2.25 bits per heavy atom. The van der Waals surface area contributed by atoms with E-state index in [1.807, 2.05) is 6.92 Å². The predicted molar refractivity (Wildman–Crippen MR) is 31.2 cm³/mol. The van der Waals surface area contributed by atoms with Crippen molar-refractivity contribution in [2.24, 2.45) is 0 Å². The molecule has 0 heterocycles. The highest BCUT2D eigenvalue weighted by Crippen LogP contribution is 1.93. The quantitative estimate of drug-likeness (QED) is 0.432. The van der Waals surface area contributed by atoms with Crippen molar-refractivity contribution in [1.29, 1.82) is 0 Å². The summed E-state index contributed by atoms with van der Waals surface area (Å²) in [6, 6.07) is 0. The van der Waals surface area contributed by atoms with E-state index in [0.717, 1.165) is 6.42 Å². The Balaban J connectivity index is 3.07. The van der Waals surface area contributed by atoms with Gasteiger partial charge in [0.15, 0.2) is 6.29 Å². The minimum Gasteiger partial charge on any atom is -0.354 e. The van der Waals surface area contributed by atoms with E-state index in [-0.39, 0.29) is 6.29 Å². The summed E-state index contributed by atoms with van der Waals surface area (Å²) in [4.78, 5) is 4.87. The predicted octanol–water partition coefficient (Wildman–Crippen LogP) is 0.520. The molecular weight excluding hydrogens is 106 g/mol. The van der Waals surface area contributed by atoms with E-state index in [1.54, 1.807) is 14.2 Å². The molecule has 0 fully saturated rings. The van der Waals surface area contributed by atoms with Gasteiger partial charge in [-0.05, 0) is 6.42 Å². The smallest absolute Gasteiger partial charge is 0.176 e. The maximum Gasteiger partial charge on any atom is 0.176 e. The van der Waals surface area contributed by atoms with Crippen LogP contribution >= 0.6 is 0 Å². The van der Waals surface area contributed by atoms with Crippen LogP contribution in [0.1, 0.15) is 13.3 Å². The molecule has 0 saturated carbocycles. The molecule has 0 aliphatic carbocycles. The van der Waals surface area contributed by atoms with Crippen molar-refractivity contribution in [3.8, 4) is 0 Å². The maximum atomic E-state index is 4.87. The summed E-state index contributed by atoms with van der Waals surface area (Å²) < 4.78 is 4.86. The van der Waals surface area contributed by atoms with Crippen molar-refractivity contribution in [3.63, 3.8) is 0 Å². The molecule has 0 aromatic rings. The highest BCUT2D eigenvalue weighted by molar-refractivity contribution is 4.31. The molecular formula is C5H13NO2. The van der Waals surface area contributed by atoms with E-state index in [2.05, 4.69) is 5.48 Å². The Kier molecular flexibility index (Phi) is 4.95. The molecule has 0 aromatic carbocycles. The third-order valence-electron chi connectivity index (χ3n) is 0.846. The van der Waals surface area contributed by atoms with Crippen LogP contribution in [0.15, 0.2) is 0 Å². The number of nitrogens with one attached hydrogen (secondary N) is 1. The number of methoxy groups -OCH3 is 1. The van der Waals surface area contributed by atoms with Crippen molar-refractivity contribution in [1.82, 2.24) is 5.48 Å². The topological polar surface area (TPSA) is 30.5 Å². The van der Waals surface area contributed by atoms with Gasteiger partial charge in [0, 0.05) is 14.2 Å². The van der Waals surface area contributed by atoms with Gasteiger partial charge in [0.2, 0.25) is 0 Å². The van der Waals surface area contributed by atoms with Gasteiger partial charge in [-0.15, -0.1) is 0 Å². The fourth-order valence-corrected chi connectivity index (χ4v) is 0.430. The lowest BCUT2D eigenvalue weighted by Crippen LogP contribution is -2.21. The van der Waals surface area contributed by atoms with Crippen molar-refractivity contribution in [3.05, 3.63) is 0 Å². The van der Waals surface area contributed by atoms with Gasteiger partial charge >= 0.3 is 0 Å². The Hall–Kier alpha value is -0.120. The van der Waals surface area contributed by atoms with Gasteiger partial charge in [-0.3, -0.25) is 4.84 Å². The number of ether oxygens (including phenoxy) is 1. The number of rotatable bonds is 4. The zero-order valence-corrected chi connectivity index (χ0v) is 5.60. The number of hydrogen-bond acceptors (Lipinski definition) is 3. The Bertz CT molecular complexity index is 45.7. The molecule has 0 rings (SSSR count). The zero-order chi connectivity index (χ0) is 6.41. The van der Waals surface area contributed by atoms with Crippen LogP contribution in [0.2, 0.25) is 0 Å².